The minimum absolute atomic E-state index is 0.247. The molecule has 2 rings (SSSR count). The van der Waals surface area contributed by atoms with Gasteiger partial charge in [-0.05, 0) is 44.0 Å². The van der Waals surface area contributed by atoms with E-state index in [9.17, 15) is 9.50 Å². The molecule has 0 saturated heterocycles. The zero-order chi connectivity index (χ0) is 14.0. The standard InChI is InChI=1S/C15H19FN2O/c1-10(2)18-9-17-8-14(18)15(19)7-12-4-5-13(16)6-11(12)3/h4-6,8-10,15,19H,7H2,1-3H3. The SMILES string of the molecule is Cc1cc(F)ccc1CC(O)c1cncn1C(C)C. The Hall–Kier alpha value is -1.68. The third-order valence-corrected chi connectivity index (χ3v) is 3.31. The average molecular weight is 262 g/mol. The number of imidazole rings is 1. The summed E-state index contributed by atoms with van der Waals surface area (Å²) in [6, 6.07) is 4.89. The molecule has 4 heteroatoms. The fourth-order valence-corrected chi connectivity index (χ4v) is 2.21. The van der Waals surface area contributed by atoms with Gasteiger partial charge in [-0.1, -0.05) is 6.07 Å². The number of aromatic nitrogens is 2. The van der Waals surface area contributed by atoms with Crippen molar-refractivity contribution < 1.29 is 9.50 Å². The van der Waals surface area contributed by atoms with Gasteiger partial charge in [-0.3, -0.25) is 0 Å². The van der Waals surface area contributed by atoms with Crippen molar-refractivity contribution in [1.82, 2.24) is 9.55 Å². The second-order valence-corrected chi connectivity index (χ2v) is 5.11. The maximum atomic E-state index is 13.1. The third-order valence-electron chi connectivity index (χ3n) is 3.31. The van der Waals surface area contributed by atoms with Crippen molar-refractivity contribution in [2.24, 2.45) is 0 Å². The van der Waals surface area contributed by atoms with Gasteiger partial charge in [0.2, 0.25) is 0 Å². The van der Waals surface area contributed by atoms with Gasteiger partial charge in [0.05, 0.1) is 24.3 Å². The van der Waals surface area contributed by atoms with Gasteiger partial charge in [-0.15, -0.1) is 0 Å². The first-order valence-electron chi connectivity index (χ1n) is 6.44. The van der Waals surface area contributed by atoms with E-state index >= 15 is 0 Å². The monoisotopic (exact) mass is 262 g/mol. The van der Waals surface area contributed by atoms with Crippen molar-refractivity contribution in [3.05, 3.63) is 53.4 Å². The summed E-state index contributed by atoms with van der Waals surface area (Å²) in [6.07, 6.45) is 3.24. The molecule has 1 N–H and O–H groups in total. The summed E-state index contributed by atoms with van der Waals surface area (Å²) in [6.45, 7) is 5.94. The number of hydrogen-bond donors (Lipinski definition) is 1. The quantitative estimate of drug-likeness (QED) is 0.919. The van der Waals surface area contributed by atoms with Gasteiger partial charge in [0.15, 0.2) is 0 Å². The zero-order valence-corrected chi connectivity index (χ0v) is 11.5. The Morgan fingerprint density at radius 3 is 2.74 bits per heavy atom. The van der Waals surface area contributed by atoms with E-state index in [2.05, 4.69) is 4.98 Å². The molecule has 3 nitrogen and oxygen atoms in total. The minimum atomic E-state index is -0.630. The van der Waals surface area contributed by atoms with Crippen molar-refractivity contribution in [1.29, 1.82) is 0 Å². The van der Waals surface area contributed by atoms with E-state index in [1.54, 1.807) is 18.6 Å². The number of rotatable bonds is 4. The van der Waals surface area contributed by atoms with Crippen LogP contribution in [-0.4, -0.2) is 14.7 Å². The maximum absolute atomic E-state index is 13.1. The number of nitrogens with zero attached hydrogens (tertiary/aromatic N) is 2. The van der Waals surface area contributed by atoms with Crippen LogP contribution in [0, 0.1) is 12.7 Å². The van der Waals surface area contributed by atoms with Gasteiger partial charge in [-0.2, -0.15) is 0 Å². The van der Waals surface area contributed by atoms with Crippen molar-refractivity contribution in [2.45, 2.75) is 39.3 Å². The lowest BCUT2D eigenvalue weighted by molar-refractivity contribution is 0.167. The molecule has 1 aromatic carbocycles. The lowest BCUT2D eigenvalue weighted by atomic mass is 10.0. The average Bonchev–Trinajstić information content (AvgIpc) is 2.82. The van der Waals surface area contributed by atoms with Crippen LogP contribution in [0.4, 0.5) is 4.39 Å². The van der Waals surface area contributed by atoms with E-state index in [0.717, 1.165) is 16.8 Å². The van der Waals surface area contributed by atoms with Crippen LogP contribution in [0.5, 0.6) is 0 Å². The highest BCUT2D eigenvalue weighted by Gasteiger charge is 2.16. The molecule has 1 unspecified atom stereocenters. The summed E-state index contributed by atoms with van der Waals surface area (Å²) in [4.78, 5) is 4.09. The normalized spacial score (nSPS) is 12.9. The lowest BCUT2D eigenvalue weighted by Crippen LogP contribution is -2.11. The smallest absolute Gasteiger partial charge is 0.123 e. The molecule has 1 atom stereocenters. The lowest BCUT2D eigenvalue weighted by Gasteiger charge is -2.17. The molecule has 1 heterocycles. The first-order chi connectivity index (χ1) is 8.99. The Bertz CT molecular complexity index is 563. The molecule has 102 valence electrons. The zero-order valence-electron chi connectivity index (χ0n) is 11.5. The molecule has 0 aliphatic heterocycles. The van der Waals surface area contributed by atoms with Gasteiger partial charge in [-0.25, -0.2) is 9.37 Å². The van der Waals surface area contributed by atoms with E-state index in [1.807, 2.05) is 25.3 Å². The van der Waals surface area contributed by atoms with E-state index in [1.165, 1.54) is 12.1 Å². The molecule has 1 aromatic heterocycles. The molecular weight excluding hydrogens is 243 g/mol. The first kappa shape index (κ1) is 13.7. The highest BCUT2D eigenvalue weighted by Crippen LogP contribution is 2.22. The van der Waals surface area contributed by atoms with Crippen molar-refractivity contribution in [2.75, 3.05) is 0 Å². The van der Waals surface area contributed by atoms with E-state index < -0.39 is 6.10 Å². The fourth-order valence-electron chi connectivity index (χ4n) is 2.21. The summed E-state index contributed by atoms with van der Waals surface area (Å²) >= 11 is 0. The predicted octanol–water partition coefficient (Wildman–Crippen LogP) is 3.19. The second kappa shape index (κ2) is 5.53. The van der Waals surface area contributed by atoms with Crippen LogP contribution >= 0.6 is 0 Å². The Morgan fingerprint density at radius 1 is 1.37 bits per heavy atom. The number of hydrogen-bond acceptors (Lipinski definition) is 2. The van der Waals surface area contributed by atoms with E-state index in [4.69, 9.17) is 0 Å². The molecule has 0 radical (unpaired) electrons. The van der Waals surface area contributed by atoms with Crippen LogP contribution in [0.3, 0.4) is 0 Å². The molecule has 0 aliphatic rings. The topological polar surface area (TPSA) is 38.1 Å². The van der Waals surface area contributed by atoms with Gasteiger partial charge >= 0.3 is 0 Å². The first-order valence-corrected chi connectivity index (χ1v) is 6.44. The summed E-state index contributed by atoms with van der Waals surface area (Å²) in [5, 5.41) is 10.3. The predicted molar refractivity (Wildman–Crippen MR) is 72.4 cm³/mol. The Balaban J connectivity index is 2.21. The van der Waals surface area contributed by atoms with Crippen LogP contribution < -0.4 is 0 Å². The van der Waals surface area contributed by atoms with Crippen LogP contribution in [0.1, 0.15) is 42.8 Å². The van der Waals surface area contributed by atoms with Crippen molar-refractivity contribution in [3.63, 3.8) is 0 Å². The Morgan fingerprint density at radius 2 is 2.11 bits per heavy atom. The second-order valence-electron chi connectivity index (χ2n) is 5.11. The Kier molecular flexibility index (Phi) is 4.00. The number of aliphatic hydroxyl groups excluding tert-OH is 1. The van der Waals surface area contributed by atoms with Crippen molar-refractivity contribution in [3.8, 4) is 0 Å². The number of benzene rings is 1. The minimum Gasteiger partial charge on any atom is -0.386 e. The number of aliphatic hydroxyl groups is 1. The van der Waals surface area contributed by atoms with E-state index in [-0.39, 0.29) is 11.9 Å². The molecule has 0 fully saturated rings. The molecule has 0 saturated carbocycles. The largest absolute Gasteiger partial charge is 0.386 e. The Labute approximate surface area is 112 Å². The third kappa shape index (κ3) is 3.01. The van der Waals surface area contributed by atoms with Gasteiger partial charge in [0.1, 0.15) is 5.82 Å². The molecule has 2 aromatic rings. The molecule has 19 heavy (non-hydrogen) atoms. The molecule has 0 aliphatic carbocycles. The molecule has 0 bridgehead atoms. The maximum Gasteiger partial charge on any atom is 0.123 e. The van der Waals surface area contributed by atoms with E-state index in [0.29, 0.717) is 6.42 Å². The summed E-state index contributed by atoms with van der Waals surface area (Å²) in [7, 11) is 0. The van der Waals surface area contributed by atoms with Gasteiger partial charge in [0.25, 0.3) is 0 Å². The summed E-state index contributed by atoms with van der Waals surface area (Å²) < 4.78 is 15.0. The van der Waals surface area contributed by atoms with Crippen LogP contribution in [0.15, 0.2) is 30.7 Å². The summed E-state index contributed by atoms with van der Waals surface area (Å²) in [5.41, 5.74) is 2.60. The molecular formula is C15H19FN2O. The van der Waals surface area contributed by atoms with Crippen LogP contribution in [0.2, 0.25) is 0 Å². The van der Waals surface area contributed by atoms with Gasteiger partial charge < -0.3 is 9.67 Å². The molecule has 0 amide bonds. The highest BCUT2D eigenvalue weighted by molar-refractivity contribution is 5.28. The van der Waals surface area contributed by atoms with Crippen LogP contribution in [0.25, 0.3) is 0 Å². The fraction of sp³-hybridized carbons (Fsp3) is 0.400. The number of halogens is 1. The van der Waals surface area contributed by atoms with Crippen LogP contribution in [-0.2, 0) is 6.42 Å². The number of aryl methyl sites for hydroxylation is 1. The van der Waals surface area contributed by atoms with Gasteiger partial charge in [0, 0.05) is 12.5 Å². The molecule has 0 spiro atoms. The highest BCUT2D eigenvalue weighted by atomic mass is 19.1. The van der Waals surface area contributed by atoms with Crippen molar-refractivity contribution >= 4 is 0 Å². The summed E-state index contributed by atoms with van der Waals surface area (Å²) in [5.74, 6) is -0.247.